The second kappa shape index (κ2) is 5.35. The molecule has 21 heavy (non-hydrogen) atoms. The molecule has 0 radical (unpaired) electrons. The van der Waals surface area contributed by atoms with Crippen molar-refractivity contribution in [2.75, 3.05) is 13.1 Å². The summed E-state index contributed by atoms with van der Waals surface area (Å²) in [4.78, 5) is 24.4. The van der Waals surface area contributed by atoms with Gasteiger partial charge in [0, 0.05) is 30.1 Å². The SMILES string of the molecule is O=C(O)CC1CN(C(=O)c2ccc(-c3nnco3)cc2)C1. The van der Waals surface area contributed by atoms with Gasteiger partial charge in [0.1, 0.15) is 0 Å². The van der Waals surface area contributed by atoms with E-state index in [0.717, 1.165) is 5.56 Å². The van der Waals surface area contributed by atoms with Crippen molar-refractivity contribution in [3.63, 3.8) is 0 Å². The summed E-state index contributed by atoms with van der Waals surface area (Å²) in [7, 11) is 0. The first-order valence-electron chi connectivity index (χ1n) is 6.51. The summed E-state index contributed by atoms with van der Waals surface area (Å²) < 4.78 is 5.08. The van der Waals surface area contributed by atoms with Crippen LogP contribution in [0.15, 0.2) is 35.1 Å². The molecule has 0 unspecified atom stereocenters. The Morgan fingerprint density at radius 1 is 1.29 bits per heavy atom. The minimum absolute atomic E-state index is 0.0594. The lowest BCUT2D eigenvalue weighted by Gasteiger charge is -2.38. The van der Waals surface area contributed by atoms with E-state index in [0.29, 0.717) is 24.5 Å². The third-order valence-corrected chi connectivity index (χ3v) is 3.45. The molecular formula is C14H13N3O4. The molecule has 7 nitrogen and oxygen atoms in total. The van der Waals surface area contributed by atoms with Crippen molar-refractivity contribution in [2.24, 2.45) is 5.92 Å². The molecule has 0 atom stereocenters. The predicted octanol–water partition coefficient (Wildman–Crippen LogP) is 1.28. The average Bonchev–Trinajstić information content (AvgIpc) is 2.96. The van der Waals surface area contributed by atoms with Gasteiger partial charge in [-0.1, -0.05) is 0 Å². The van der Waals surface area contributed by atoms with Crippen molar-refractivity contribution in [2.45, 2.75) is 6.42 Å². The van der Waals surface area contributed by atoms with Crippen LogP contribution in [0.3, 0.4) is 0 Å². The molecule has 108 valence electrons. The van der Waals surface area contributed by atoms with Gasteiger partial charge in [0.25, 0.3) is 5.91 Å². The van der Waals surface area contributed by atoms with Gasteiger partial charge in [-0.2, -0.15) is 0 Å². The van der Waals surface area contributed by atoms with Crippen LogP contribution in [0.25, 0.3) is 11.5 Å². The van der Waals surface area contributed by atoms with E-state index in [2.05, 4.69) is 10.2 Å². The maximum atomic E-state index is 12.2. The molecule has 1 amide bonds. The van der Waals surface area contributed by atoms with E-state index in [9.17, 15) is 9.59 Å². The quantitative estimate of drug-likeness (QED) is 0.910. The van der Waals surface area contributed by atoms with E-state index < -0.39 is 5.97 Å². The second-order valence-corrected chi connectivity index (χ2v) is 5.00. The maximum absolute atomic E-state index is 12.2. The molecule has 2 aromatic rings. The van der Waals surface area contributed by atoms with Crippen LogP contribution >= 0.6 is 0 Å². The highest BCUT2D eigenvalue weighted by Gasteiger charge is 2.32. The topological polar surface area (TPSA) is 96.5 Å². The molecule has 0 bridgehead atoms. The average molecular weight is 287 g/mol. The van der Waals surface area contributed by atoms with E-state index in [-0.39, 0.29) is 18.2 Å². The van der Waals surface area contributed by atoms with Gasteiger partial charge < -0.3 is 14.4 Å². The first-order chi connectivity index (χ1) is 10.1. The Bertz CT molecular complexity index is 645. The van der Waals surface area contributed by atoms with Crippen LogP contribution in [-0.2, 0) is 4.79 Å². The lowest BCUT2D eigenvalue weighted by molar-refractivity contribution is -0.139. The number of benzene rings is 1. The first-order valence-corrected chi connectivity index (χ1v) is 6.51. The monoisotopic (exact) mass is 287 g/mol. The molecule has 1 aromatic carbocycles. The third-order valence-electron chi connectivity index (χ3n) is 3.45. The maximum Gasteiger partial charge on any atom is 0.303 e. The minimum atomic E-state index is -0.823. The van der Waals surface area contributed by atoms with Crippen molar-refractivity contribution in [1.82, 2.24) is 15.1 Å². The van der Waals surface area contributed by atoms with Crippen LogP contribution in [-0.4, -0.2) is 45.2 Å². The molecule has 1 fully saturated rings. The highest BCUT2D eigenvalue weighted by molar-refractivity contribution is 5.95. The van der Waals surface area contributed by atoms with Crippen LogP contribution in [0.4, 0.5) is 0 Å². The van der Waals surface area contributed by atoms with Gasteiger partial charge >= 0.3 is 5.97 Å². The number of hydrogen-bond donors (Lipinski definition) is 1. The fraction of sp³-hybridized carbons (Fsp3) is 0.286. The third kappa shape index (κ3) is 2.76. The number of aliphatic carboxylic acids is 1. The van der Waals surface area contributed by atoms with Crippen molar-refractivity contribution < 1.29 is 19.1 Å². The van der Waals surface area contributed by atoms with Crippen molar-refractivity contribution in [1.29, 1.82) is 0 Å². The Hall–Kier alpha value is -2.70. The molecule has 1 aliphatic rings. The number of carbonyl (C=O) groups excluding carboxylic acids is 1. The summed E-state index contributed by atoms with van der Waals surface area (Å²) in [5.74, 6) is -0.451. The van der Waals surface area contributed by atoms with E-state index in [1.54, 1.807) is 29.2 Å². The molecule has 1 aromatic heterocycles. The van der Waals surface area contributed by atoms with Gasteiger partial charge in [0.05, 0.1) is 6.42 Å². The summed E-state index contributed by atoms with van der Waals surface area (Å²) in [6.45, 7) is 0.993. The summed E-state index contributed by atoms with van der Waals surface area (Å²) in [5.41, 5.74) is 1.31. The van der Waals surface area contributed by atoms with Gasteiger partial charge in [-0.05, 0) is 24.3 Å². The summed E-state index contributed by atoms with van der Waals surface area (Å²) >= 11 is 0. The van der Waals surface area contributed by atoms with E-state index in [1.807, 2.05) is 0 Å². The largest absolute Gasteiger partial charge is 0.481 e. The van der Waals surface area contributed by atoms with Gasteiger partial charge in [0.15, 0.2) is 0 Å². The smallest absolute Gasteiger partial charge is 0.303 e. The zero-order chi connectivity index (χ0) is 14.8. The number of carboxylic acid groups (broad SMARTS) is 1. The van der Waals surface area contributed by atoms with Crippen molar-refractivity contribution in [3.05, 3.63) is 36.2 Å². The normalized spacial score (nSPS) is 14.8. The zero-order valence-corrected chi connectivity index (χ0v) is 11.1. The lowest BCUT2D eigenvalue weighted by Crippen LogP contribution is -2.50. The number of aromatic nitrogens is 2. The fourth-order valence-corrected chi connectivity index (χ4v) is 2.35. The molecule has 1 saturated heterocycles. The number of carbonyl (C=O) groups is 2. The lowest BCUT2D eigenvalue weighted by atomic mass is 9.95. The number of amides is 1. The number of carboxylic acids is 1. The van der Waals surface area contributed by atoms with Gasteiger partial charge in [-0.3, -0.25) is 9.59 Å². The van der Waals surface area contributed by atoms with Crippen LogP contribution in [0, 0.1) is 5.92 Å². The van der Waals surface area contributed by atoms with Crippen LogP contribution in [0.5, 0.6) is 0 Å². The Morgan fingerprint density at radius 2 is 2.00 bits per heavy atom. The Labute approximate surface area is 120 Å². The molecule has 0 spiro atoms. The number of rotatable bonds is 4. The van der Waals surface area contributed by atoms with E-state index in [1.165, 1.54) is 6.39 Å². The minimum Gasteiger partial charge on any atom is -0.481 e. The molecule has 1 aliphatic heterocycles. The van der Waals surface area contributed by atoms with Crippen LogP contribution in [0.2, 0.25) is 0 Å². The second-order valence-electron chi connectivity index (χ2n) is 5.00. The molecule has 0 aliphatic carbocycles. The van der Waals surface area contributed by atoms with Crippen LogP contribution in [0.1, 0.15) is 16.8 Å². The van der Waals surface area contributed by atoms with Gasteiger partial charge in [-0.15, -0.1) is 10.2 Å². The van der Waals surface area contributed by atoms with E-state index in [4.69, 9.17) is 9.52 Å². The highest BCUT2D eigenvalue weighted by atomic mass is 16.4. The summed E-state index contributed by atoms with van der Waals surface area (Å²) in [6, 6.07) is 6.89. The zero-order valence-electron chi connectivity index (χ0n) is 11.1. The molecule has 7 heteroatoms. The van der Waals surface area contributed by atoms with Gasteiger partial charge in [0.2, 0.25) is 12.3 Å². The van der Waals surface area contributed by atoms with Crippen molar-refractivity contribution in [3.8, 4) is 11.5 Å². The van der Waals surface area contributed by atoms with Gasteiger partial charge in [-0.25, -0.2) is 0 Å². The number of likely N-dealkylation sites (tertiary alicyclic amines) is 1. The predicted molar refractivity (Wildman–Crippen MR) is 71.4 cm³/mol. The highest BCUT2D eigenvalue weighted by Crippen LogP contribution is 2.23. The van der Waals surface area contributed by atoms with E-state index >= 15 is 0 Å². The molecule has 0 saturated carbocycles. The standard InChI is InChI=1S/C14H13N3O4/c18-12(19)5-9-6-17(7-9)14(20)11-3-1-10(2-4-11)13-16-15-8-21-13/h1-4,8-9H,5-7H2,(H,18,19). The Kier molecular flexibility index (Phi) is 3.39. The van der Waals surface area contributed by atoms with Crippen molar-refractivity contribution >= 4 is 11.9 Å². The number of hydrogen-bond acceptors (Lipinski definition) is 5. The Balaban J connectivity index is 1.63. The van der Waals surface area contributed by atoms with Crippen LogP contribution < -0.4 is 0 Å². The first kappa shape index (κ1) is 13.3. The molecule has 3 rings (SSSR count). The molecular weight excluding hydrogens is 274 g/mol. The summed E-state index contributed by atoms with van der Waals surface area (Å²) in [6.07, 6.45) is 1.36. The Morgan fingerprint density at radius 3 is 2.57 bits per heavy atom. The molecule has 1 N–H and O–H groups in total. The number of nitrogens with zero attached hydrogens (tertiary/aromatic N) is 3. The fourth-order valence-electron chi connectivity index (χ4n) is 2.35. The summed E-state index contributed by atoms with van der Waals surface area (Å²) in [5, 5.41) is 16.1. The molecule has 2 heterocycles.